The molecule has 26 heavy (non-hydrogen) atoms. The molecule has 1 fully saturated rings. The van der Waals surface area contributed by atoms with Gasteiger partial charge in [-0.2, -0.15) is 0 Å². The normalized spacial score (nSPS) is 15.7. The summed E-state index contributed by atoms with van der Waals surface area (Å²) in [5, 5.41) is 9.41. The third-order valence-electron chi connectivity index (χ3n) is 4.38. The maximum absolute atomic E-state index is 12.1. The van der Waals surface area contributed by atoms with Crippen molar-refractivity contribution < 1.29 is 19.4 Å². The molecule has 1 N–H and O–H groups in total. The van der Waals surface area contributed by atoms with E-state index in [1.807, 2.05) is 26.8 Å². The number of carbonyl (C=O) groups is 2. The van der Waals surface area contributed by atoms with Gasteiger partial charge in [0.1, 0.15) is 5.60 Å². The summed E-state index contributed by atoms with van der Waals surface area (Å²) in [6.07, 6.45) is 1.50. The molecule has 1 amide bonds. The van der Waals surface area contributed by atoms with Crippen molar-refractivity contribution in [1.29, 1.82) is 0 Å². The van der Waals surface area contributed by atoms with Crippen molar-refractivity contribution in [1.82, 2.24) is 4.90 Å². The number of ether oxygens (including phenoxy) is 1. The van der Waals surface area contributed by atoms with E-state index in [0.29, 0.717) is 18.0 Å². The summed E-state index contributed by atoms with van der Waals surface area (Å²) in [5.41, 5.74) is 0.561. The Morgan fingerprint density at radius 3 is 2.46 bits per heavy atom. The Hall–Kier alpha value is -1.76. The van der Waals surface area contributed by atoms with Gasteiger partial charge < -0.3 is 19.6 Å². The highest BCUT2D eigenvalue weighted by atomic mass is 79.9. The van der Waals surface area contributed by atoms with Crippen LogP contribution >= 0.6 is 15.9 Å². The first-order valence-corrected chi connectivity index (χ1v) is 9.58. The van der Waals surface area contributed by atoms with Gasteiger partial charge in [-0.15, -0.1) is 0 Å². The molecule has 1 aromatic rings. The quantitative estimate of drug-likeness (QED) is 0.779. The maximum Gasteiger partial charge on any atom is 0.410 e. The van der Waals surface area contributed by atoms with Gasteiger partial charge in [-0.25, -0.2) is 9.59 Å². The summed E-state index contributed by atoms with van der Waals surface area (Å²) in [6.45, 7) is 7.75. The van der Waals surface area contributed by atoms with Crippen LogP contribution in [0.2, 0.25) is 0 Å². The number of amides is 1. The number of carboxylic acid groups (broad SMARTS) is 1. The number of nitrogens with zero attached hydrogens (tertiary/aromatic N) is 2. The first-order valence-electron chi connectivity index (χ1n) is 8.78. The molecule has 0 bridgehead atoms. The molecule has 0 aromatic heterocycles. The zero-order valence-electron chi connectivity index (χ0n) is 15.8. The number of hydrogen-bond donors (Lipinski definition) is 1. The van der Waals surface area contributed by atoms with Crippen LogP contribution in [0.15, 0.2) is 22.7 Å². The van der Waals surface area contributed by atoms with E-state index in [4.69, 9.17) is 4.74 Å². The zero-order chi connectivity index (χ0) is 19.5. The van der Waals surface area contributed by atoms with Crippen molar-refractivity contribution in [3.8, 4) is 0 Å². The molecule has 6 nitrogen and oxygen atoms in total. The second-order valence-corrected chi connectivity index (χ2v) is 8.67. The third kappa shape index (κ3) is 5.62. The largest absolute Gasteiger partial charge is 0.478 e. The summed E-state index contributed by atoms with van der Waals surface area (Å²) >= 11 is 3.42. The van der Waals surface area contributed by atoms with Gasteiger partial charge in [-0.05, 0) is 57.7 Å². The van der Waals surface area contributed by atoms with Crippen LogP contribution in [0.1, 0.15) is 44.0 Å². The Morgan fingerprint density at radius 2 is 1.92 bits per heavy atom. The van der Waals surface area contributed by atoms with E-state index in [0.717, 1.165) is 36.1 Å². The van der Waals surface area contributed by atoms with E-state index in [-0.39, 0.29) is 6.09 Å². The van der Waals surface area contributed by atoms with Crippen LogP contribution in [-0.2, 0) is 4.74 Å². The number of benzene rings is 1. The summed E-state index contributed by atoms with van der Waals surface area (Å²) < 4.78 is 6.26. The van der Waals surface area contributed by atoms with E-state index >= 15 is 0 Å². The van der Waals surface area contributed by atoms with E-state index in [2.05, 4.69) is 20.8 Å². The Morgan fingerprint density at radius 1 is 1.31 bits per heavy atom. The van der Waals surface area contributed by atoms with Crippen molar-refractivity contribution in [2.24, 2.45) is 5.92 Å². The second-order valence-electron chi connectivity index (χ2n) is 7.76. The lowest BCUT2D eigenvalue weighted by molar-refractivity contribution is 0.0266. The van der Waals surface area contributed by atoms with Crippen LogP contribution in [0.3, 0.4) is 0 Å². The average molecular weight is 427 g/mol. The topological polar surface area (TPSA) is 70.1 Å². The highest BCUT2D eigenvalue weighted by molar-refractivity contribution is 9.10. The molecule has 2 rings (SSSR count). The molecule has 0 radical (unpaired) electrons. The van der Waals surface area contributed by atoms with E-state index in [1.165, 1.54) is 0 Å². The standard InChI is InChI=1S/C19H27BrN2O4/c1-19(2,3)26-18(25)21(4)12-13-7-9-22(10-8-13)16-11-14(20)5-6-15(16)17(23)24/h5-6,11,13H,7-10,12H2,1-4H3,(H,23,24). The minimum atomic E-state index is -0.917. The van der Waals surface area contributed by atoms with Crippen LogP contribution in [-0.4, -0.2) is 54.4 Å². The Balaban J connectivity index is 1.95. The number of hydrogen-bond acceptors (Lipinski definition) is 4. The van der Waals surface area contributed by atoms with E-state index < -0.39 is 11.6 Å². The highest BCUT2D eigenvalue weighted by Crippen LogP contribution is 2.29. The van der Waals surface area contributed by atoms with Gasteiger partial charge in [0.2, 0.25) is 0 Å². The number of aromatic carboxylic acids is 1. The molecular weight excluding hydrogens is 400 g/mol. The number of carboxylic acids is 1. The first-order chi connectivity index (χ1) is 12.1. The van der Waals surface area contributed by atoms with Crippen LogP contribution < -0.4 is 4.90 Å². The average Bonchev–Trinajstić information content (AvgIpc) is 2.53. The molecule has 0 saturated carbocycles. The van der Waals surface area contributed by atoms with Crippen molar-refractivity contribution in [2.45, 2.75) is 39.2 Å². The molecular formula is C19H27BrN2O4. The molecule has 1 aliphatic heterocycles. The van der Waals surface area contributed by atoms with Crippen molar-refractivity contribution in [2.75, 3.05) is 31.6 Å². The van der Waals surface area contributed by atoms with Crippen molar-refractivity contribution in [3.05, 3.63) is 28.2 Å². The fraction of sp³-hybridized carbons (Fsp3) is 0.579. The fourth-order valence-electron chi connectivity index (χ4n) is 3.11. The summed E-state index contributed by atoms with van der Waals surface area (Å²) in [7, 11) is 1.76. The minimum absolute atomic E-state index is 0.305. The number of piperidine rings is 1. The summed E-state index contributed by atoms with van der Waals surface area (Å²) in [6, 6.07) is 5.23. The van der Waals surface area contributed by atoms with Crippen LogP contribution in [0.25, 0.3) is 0 Å². The zero-order valence-corrected chi connectivity index (χ0v) is 17.4. The molecule has 0 unspecified atom stereocenters. The second kappa shape index (κ2) is 8.29. The number of halogens is 1. The predicted octanol–water partition coefficient (Wildman–Crippen LogP) is 4.23. The number of anilines is 1. The Kier molecular flexibility index (Phi) is 6.55. The molecule has 7 heteroatoms. The Bertz CT molecular complexity index is 664. The van der Waals surface area contributed by atoms with E-state index in [9.17, 15) is 14.7 Å². The van der Waals surface area contributed by atoms with Gasteiger partial charge >= 0.3 is 12.1 Å². The molecule has 0 atom stereocenters. The van der Waals surface area contributed by atoms with Gasteiger partial charge in [0.25, 0.3) is 0 Å². The molecule has 144 valence electrons. The predicted molar refractivity (Wildman–Crippen MR) is 105 cm³/mol. The van der Waals surface area contributed by atoms with Crippen molar-refractivity contribution >= 4 is 33.7 Å². The first kappa shape index (κ1) is 20.6. The van der Waals surface area contributed by atoms with Gasteiger partial charge in [-0.3, -0.25) is 0 Å². The number of carbonyl (C=O) groups excluding carboxylic acids is 1. The lowest BCUT2D eigenvalue weighted by atomic mass is 9.95. The van der Waals surface area contributed by atoms with Gasteiger partial charge in [0, 0.05) is 31.2 Å². The highest BCUT2D eigenvalue weighted by Gasteiger charge is 2.26. The van der Waals surface area contributed by atoms with Gasteiger partial charge in [0.15, 0.2) is 0 Å². The molecule has 1 aliphatic rings. The summed E-state index contributed by atoms with van der Waals surface area (Å²) in [4.78, 5) is 27.3. The number of rotatable bonds is 4. The molecule has 1 heterocycles. The van der Waals surface area contributed by atoms with Crippen LogP contribution in [0, 0.1) is 5.92 Å². The lowest BCUT2D eigenvalue weighted by Crippen LogP contribution is -2.41. The molecule has 1 saturated heterocycles. The summed E-state index contributed by atoms with van der Waals surface area (Å²) in [5.74, 6) is -0.538. The molecule has 0 aliphatic carbocycles. The molecule has 0 spiro atoms. The monoisotopic (exact) mass is 426 g/mol. The fourth-order valence-corrected chi connectivity index (χ4v) is 3.45. The van der Waals surface area contributed by atoms with E-state index in [1.54, 1.807) is 24.1 Å². The van der Waals surface area contributed by atoms with Crippen molar-refractivity contribution in [3.63, 3.8) is 0 Å². The van der Waals surface area contributed by atoms with Gasteiger partial charge in [-0.1, -0.05) is 15.9 Å². The Labute approximate surface area is 163 Å². The smallest absolute Gasteiger partial charge is 0.410 e. The molecule has 1 aromatic carbocycles. The minimum Gasteiger partial charge on any atom is -0.478 e. The van der Waals surface area contributed by atoms with Crippen LogP contribution in [0.4, 0.5) is 10.5 Å². The lowest BCUT2D eigenvalue weighted by Gasteiger charge is -2.36. The van der Waals surface area contributed by atoms with Gasteiger partial charge in [0.05, 0.1) is 11.3 Å². The maximum atomic E-state index is 12.1. The SMILES string of the molecule is CN(CC1CCN(c2cc(Br)ccc2C(=O)O)CC1)C(=O)OC(C)(C)C. The third-order valence-corrected chi connectivity index (χ3v) is 4.88. The van der Waals surface area contributed by atoms with Crippen LogP contribution in [0.5, 0.6) is 0 Å².